The highest BCUT2D eigenvalue weighted by molar-refractivity contribution is 6.02. The number of ether oxygens (including phenoxy) is 4. The van der Waals surface area contributed by atoms with Crippen molar-refractivity contribution in [3.05, 3.63) is 11.3 Å². The molecule has 7 heteroatoms. The van der Waals surface area contributed by atoms with Gasteiger partial charge < -0.3 is 24.1 Å². The maximum atomic E-state index is 12.9. The van der Waals surface area contributed by atoms with Crippen molar-refractivity contribution in [1.82, 2.24) is 0 Å². The van der Waals surface area contributed by atoms with Gasteiger partial charge in [-0.15, -0.1) is 0 Å². The van der Waals surface area contributed by atoms with Gasteiger partial charge in [-0.2, -0.15) is 0 Å². The molecule has 1 N–H and O–H groups in total. The Bertz CT molecular complexity index is 664. The molecule has 0 saturated heterocycles. The molecular weight excluding hydrogens is 328 g/mol. The molecule has 1 aliphatic heterocycles. The first-order valence-corrected chi connectivity index (χ1v) is 8.74. The summed E-state index contributed by atoms with van der Waals surface area (Å²) >= 11 is 0. The number of Topliss-reactive ketones (excluding diaryl/α,β-unsaturated/α-hetero) is 1. The monoisotopic (exact) mass is 352 g/mol. The van der Waals surface area contributed by atoms with E-state index < -0.39 is 28.9 Å². The average Bonchev–Trinajstić information content (AvgIpc) is 2.94. The zero-order valence-corrected chi connectivity index (χ0v) is 14.8. The number of hydrogen-bond donors (Lipinski definition) is 1. The Morgan fingerprint density at radius 3 is 2.52 bits per heavy atom. The van der Waals surface area contributed by atoms with Crippen LogP contribution in [-0.4, -0.2) is 55.7 Å². The van der Waals surface area contributed by atoms with Crippen LogP contribution in [0.1, 0.15) is 38.5 Å². The second-order valence-corrected chi connectivity index (χ2v) is 7.57. The summed E-state index contributed by atoms with van der Waals surface area (Å²) in [4.78, 5) is 25.8. The van der Waals surface area contributed by atoms with Crippen molar-refractivity contribution in [3.63, 3.8) is 0 Å². The molecule has 1 unspecified atom stereocenters. The molecule has 0 aromatic rings. The number of aliphatic hydroxyl groups excluding tert-OH is 1. The third kappa shape index (κ3) is 1.81. The van der Waals surface area contributed by atoms with E-state index in [1.165, 1.54) is 21.3 Å². The number of rotatable bonds is 3. The highest BCUT2D eigenvalue weighted by Gasteiger charge is 2.75. The fourth-order valence-corrected chi connectivity index (χ4v) is 5.57. The first-order chi connectivity index (χ1) is 11.9. The molecule has 0 amide bonds. The van der Waals surface area contributed by atoms with Crippen LogP contribution in [0.5, 0.6) is 0 Å². The smallest absolute Gasteiger partial charge is 0.351 e. The Kier molecular flexibility index (Phi) is 3.59. The van der Waals surface area contributed by atoms with Crippen LogP contribution in [0.25, 0.3) is 0 Å². The maximum absolute atomic E-state index is 12.9. The molecule has 4 aliphatic carbocycles. The number of methoxy groups -OCH3 is 3. The Morgan fingerprint density at radius 2 is 1.92 bits per heavy atom. The molecular formula is C18H24O7. The lowest BCUT2D eigenvalue weighted by Gasteiger charge is -2.55. The van der Waals surface area contributed by atoms with Crippen molar-refractivity contribution in [3.8, 4) is 0 Å². The zero-order chi connectivity index (χ0) is 18.0. The van der Waals surface area contributed by atoms with Gasteiger partial charge in [0, 0.05) is 39.1 Å². The summed E-state index contributed by atoms with van der Waals surface area (Å²) in [6.45, 7) is 0. The third-order valence-electron chi connectivity index (χ3n) is 6.83. The van der Waals surface area contributed by atoms with Crippen molar-refractivity contribution < 1.29 is 33.6 Å². The summed E-state index contributed by atoms with van der Waals surface area (Å²) < 4.78 is 22.6. The quantitative estimate of drug-likeness (QED) is 0.600. The Hall–Kier alpha value is -1.44. The summed E-state index contributed by atoms with van der Waals surface area (Å²) in [5, 5.41) is 10.5. The van der Waals surface area contributed by atoms with Crippen LogP contribution in [0.3, 0.4) is 0 Å². The Morgan fingerprint density at radius 1 is 1.20 bits per heavy atom. The summed E-state index contributed by atoms with van der Waals surface area (Å²) in [6.07, 6.45) is 2.04. The molecule has 0 aromatic heterocycles. The topological polar surface area (TPSA) is 91.3 Å². The van der Waals surface area contributed by atoms with Crippen LogP contribution in [0.4, 0.5) is 0 Å². The summed E-state index contributed by atoms with van der Waals surface area (Å²) in [5.41, 5.74) is -1.69. The lowest BCUT2D eigenvalue weighted by atomic mass is 9.49. The fraction of sp³-hybridized carbons (Fsp3) is 0.778. The van der Waals surface area contributed by atoms with E-state index >= 15 is 0 Å². The van der Waals surface area contributed by atoms with Gasteiger partial charge in [-0.25, -0.2) is 4.79 Å². The van der Waals surface area contributed by atoms with E-state index in [0.29, 0.717) is 37.0 Å². The molecule has 4 atom stereocenters. The van der Waals surface area contributed by atoms with Gasteiger partial charge in [0.2, 0.25) is 11.4 Å². The van der Waals surface area contributed by atoms with Gasteiger partial charge in [-0.05, 0) is 25.2 Å². The molecule has 3 fully saturated rings. The van der Waals surface area contributed by atoms with Gasteiger partial charge in [0.25, 0.3) is 0 Å². The number of ketones is 1. The zero-order valence-electron chi connectivity index (χ0n) is 14.8. The number of aliphatic hydroxyl groups is 1. The van der Waals surface area contributed by atoms with Gasteiger partial charge in [-0.1, -0.05) is 0 Å². The van der Waals surface area contributed by atoms with Gasteiger partial charge in [0.05, 0.1) is 18.6 Å². The maximum Gasteiger partial charge on any atom is 0.351 e. The van der Waals surface area contributed by atoms with Crippen LogP contribution >= 0.6 is 0 Å². The van der Waals surface area contributed by atoms with E-state index in [-0.39, 0.29) is 18.1 Å². The van der Waals surface area contributed by atoms with Gasteiger partial charge in [-0.3, -0.25) is 4.79 Å². The van der Waals surface area contributed by atoms with Crippen molar-refractivity contribution in [2.24, 2.45) is 11.3 Å². The lowest BCUT2D eigenvalue weighted by molar-refractivity contribution is -0.236. The number of carbonyl (C=O) groups is 2. The molecule has 0 radical (unpaired) electrons. The van der Waals surface area contributed by atoms with Crippen molar-refractivity contribution in [2.45, 2.75) is 56.0 Å². The fourth-order valence-electron chi connectivity index (χ4n) is 5.57. The molecule has 0 aromatic carbocycles. The van der Waals surface area contributed by atoms with Crippen molar-refractivity contribution in [1.29, 1.82) is 0 Å². The van der Waals surface area contributed by atoms with E-state index in [9.17, 15) is 14.7 Å². The molecule has 1 spiro atoms. The van der Waals surface area contributed by atoms with Gasteiger partial charge in [0.1, 0.15) is 0 Å². The average molecular weight is 352 g/mol. The highest BCUT2D eigenvalue weighted by atomic mass is 16.7. The Balaban J connectivity index is 1.95. The van der Waals surface area contributed by atoms with E-state index in [1.54, 1.807) is 0 Å². The number of fused-ring (bicyclic) bond motifs is 2. The van der Waals surface area contributed by atoms with Crippen LogP contribution < -0.4 is 0 Å². The Labute approximate surface area is 146 Å². The third-order valence-corrected chi connectivity index (χ3v) is 6.83. The predicted octanol–water partition coefficient (Wildman–Crippen LogP) is 1.09. The summed E-state index contributed by atoms with van der Waals surface area (Å²) in [6, 6.07) is 0. The predicted molar refractivity (Wildman–Crippen MR) is 84.2 cm³/mol. The molecule has 2 bridgehead atoms. The van der Waals surface area contributed by atoms with Crippen LogP contribution in [-0.2, 0) is 28.5 Å². The minimum absolute atomic E-state index is 0.0445. The minimum atomic E-state index is -1.28. The second kappa shape index (κ2) is 5.28. The molecule has 7 nitrogen and oxygen atoms in total. The van der Waals surface area contributed by atoms with Gasteiger partial charge in [0.15, 0.2) is 11.5 Å². The van der Waals surface area contributed by atoms with Crippen LogP contribution in [0.2, 0.25) is 0 Å². The molecule has 1 heterocycles. The summed E-state index contributed by atoms with van der Waals surface area (Å²) in [7, 11) is 4.33. The molecule has 5 rings (SSSR count). The molecule has 3 saturated carbocycles. The molecule has 138 valence electrons. The largest absolute Gasteiger partial charge is 0.473 e. The molecule has 25 heavy (non-hydrogen) atoms. The second-order valence-electron chi connectivity index (χ2n) is 7.57. The van der Waals surface area contributed by atoms with E-state index in [1.807, 2.05) is 0 Å². The SMILES string of the molecule is COC(=O)[C@@]12C[C@H]3CC[C@@]1(CC3O)C1=C(O2)C(OC)(OC)CCC1=O. The van der Waals surface area contributed by atoms with Crippen LogP contribution in [0, 0.1) is 11.3 Å². The van der Waals surface area contributed by atoms with Gasteiger partial charge >= 0.3 is 5.97 Å². The summed E-state index contributed by atoms with van der Waals surface area (Å²) in [5.74, 6) is -1.48. The van der Waals surface area contributed by atoms with Crippen molar-refractivity contribution in [2.75, 3.05) is 21.3 Å². The first kappa shape index (κ1) is 17.0. The minimum Gasteiger partial charge on any atom is -0.473 e. The standard InChI is InChI=1S/C18H24O7/c1-22-15(21)17-8-10-4-6-16(17,9-12(10)20)13-11(19)5-7-18(23-2,24-3)14(13)25-17/h10,12,20H,4-9H2,1-3H3/t10-,12?,16-,17+/m1/s1. The molecule has 5 aliphatic rings. The number of esters is 1. The lowest BCUT2D eigenvalue weighted by Crippen LogP contribution is -2.64. The highest BCUT2D eigenvalue weighted by Crippen LogP contribution is 2.68. The van der Waals surface area contributed by atoms with Crippen LogP contribution in [0.15, 0.2) is 11.3 Å². The van der Waals surface area contributed by atoms with E-state index in [4.69, 9.17) is 18.9 Å². The first-order valence-electron chi connectivity index (χ1n) is 8.74. The van der Waals surface area contributed by atoms with E-state index in [0.717, 1.165) is 6.42 Å². The number of hydrogen-bond acceptors (Lipinski definition) is 7. The van der Waals surface area contributed by atoms with Crippen molar-refractivity contribution >= 4 is 11.8 Å². The number of carbonyl (C=O) groups excluding carboxylic acids is 2. The normalized spacial score (nSPS) is 41.2. The van der Waals surface area contributed by atoms with E-state index in [2.05, 4.69) is 0 Å².